The lowest BCUT2D eigenvalue weighted by Crippen LogP contribution is -2.45. The largest absolute Gasteiger partial charge is 0.317 e. The van der Waals surface area contributed by atoms with Crippen LogP contribution in [0.3, 0.4) is 0 Å². The molecule has 0 unspecified atom stereocenters. The van der Waals surface area contributed by atoms with Crippen LogP contribution in [0, 0.1) is 28.1 Å². The van der Waals surface area contributed by atoms with E-state index >= 15 is 0 Å². The van der Waals surface area contributed by atoms with Gasteiger partial charge >= 0.3 is 11.1 Å². The van der Waals surface area contributed by atoms with Crippen LogP contribution in [0.25, 0.3) is 0 Å². The lowest BCUT2D eigenvalue weighted by molar-refractivity contribution is 0.333. The lowest BCUT2D eigenvalue weighted by atomic mass is 9.96. The summed E-state index contributed by atoms with van der Waals surface area (Å²) in [4.78, 5) is 25.1. The Balaban J connectivity index is 2.43. The monoisotopic (exact) mass is 350 g/mol. The number of nitrogens with zero attached hydrogens (tertiary/aromatic N) is 4. The zero-order chi connectivity index (χ0) is 19.3. The van der Waals surface area contributed by atoms with Crippen LogP contribution in [0.5, 0.6) is 0 Å². The second-order valence-corrected chi connectivity index (χ2v) is 7.42. The Hall–Kier alpha value is -3.12. The van der Waals surface area contributed by atoms with E-state index in [0.717, 1.165) is 14.7 Å². The van der Waals surface area contributed by atoms with Crippen LogP contribution in [0.2, 0.25) is 0 Å². The molecule has 0 aliphatic rings. The van der Waals surface area contributed by atoms with Crippen molar-refractivity contribution in [2.45, 2.75) is 46.7 Å². The van der Waals surface area contributed by atoms with Crippen molar-refractivity contribution in [3.8, 4) is 12.1 Å². The normalized spacial score (nSPS) is 11.0. The summed E-state index contributed by atoms with van der Waals surface area (Å²) in [5.74, 6) is 0. The summed E-state index contributed by atoms with van der Waals surface area (Å²) in [7, 11) is 0. The average molecular weight is 350 g/mol. The first-order chi connectivity index (χ1) is 12.3. The van der Waals surface area contributed by atoms with E-state index < -0.39 is 11.1 Å². The number of aromatic nitrogens is 2. The van der Waals surface area contributed by atoms with Gasteiger partial charge in [-0.1, -0.05) is 51.1 Å². The molecule has 6 nitrogen and oxygen atoms in total. The van der Waals surface area contributed by atoms with Crippen molar-refractivity contribution in [3.63, 3.8) is 0 Å². The van der Waals surface area contributed by atoms with Gasteiger partial charge in [-0.05, 0) is 23.8 Å². The predicted octanol–water partition coefficient (Wildman–Crippen LogP) is 2.43. The van der Waals surface area contributed by atoms with Crippen LogP contribution in [0.1, 0.15) is 44.1 Å². The fourth-order valence-electron chi connectivity index (χ4n) is 2.84. The summed E-state index contributed by atoms with van der Waals surface area (Å²) in [6.07, 6.45) is 1.30. The molecule has 0 fully saturated rings. The van der Waals surface area contributed by atoms with Gasteiger partial charge in [0.05, 0.1) is 0 Å². The van der Waals surface area contributed by atoms with Crippen molar-refractivity contribution < 1.29 is 0 Å². The molecule has 1 heterocycles. The summed E-state index contributed by atoms with van der Waals surface area (Å²) >= 11 is 0. The summed E-state index contributed by atoms with van der Waals surface area (Å²) in [6, 6.07) is 13.6. The third-order valence-electron chi connectivity index (χ3n) is 3.97. The van der Waals surface area contributed by atoms with E-state index in [4.69, 9.17) is 0 Å². The van der Waals surface area contributed by atoms with E-state index in [0.29, 0.717) is 12.8 Å². The number of nitriles is 2. The van der Waals surface area contributed by atoms with E-state index in [2.05, 4.69) is 0 Å². The molecule has 2 rings (SSSR count). The third-order valence-corrected chi connectivity index (χ3v) is 3.97. The molecule has 1 aromatic heterocycles. The number of aryl methyl sites for hydroxylation is 1. The van der Waals surface area contributed by atoms with Crippen LogP contribution in [-0.4, -0.2) is 9.13 Å². The minimum absolute atomic E-state index is 0.0468. The van der Waals surface area contributed by atoms with Gasteiger partial charge in [-0.3, -0.25) is 18.7 Å². The first kappa shape index (κ1) is 19.2. The molecule has 0 atom stereocenters. The van der Waals surface area contributed by atoms with E-state index in [1.807, 2.05) is 63.2 Å². The van der Waals surface area contributed by atoms with Gasteiger partial charge in [0.25, 0.3) is 0 Å². The maximum Gasteiger partial charge on any atom is 0.317 e. The van der Waals surface area contributed by atoms with Crippen molar-refractivity contribution in [3.05, 3.63) is 68.0 Å². The molecule has 0 spiro atoms. The van der Waals surface area contributed by atoms with E-state index in [9.17, 15) is 20.1 Å². The molecule has 0 saturated heterocycles. The maximum atomic E-state index is 12.5. The highest BCUT2D eigenvalue weighted by atomic mass is 16.2. The van der Waals surface area contributed by atoms with Crippen LogP contribution in [0.4, 0.5) is 0 Å². The van der Waals surface area contributed by atoms with Crippen LogP contribution < -0.4 is 11.1 Å². The molecule has 134 valence electrons. The quantitative estimate of drug-likeness (QED) is 0.774. The Morgan fingerprint density at radius 2 is 1.46 bits per heavy atom. The van der Waals surface area contributed by atoms with Crippen LogP contribution in [-0.2, 0) is 19.5 Å². The Morgan fingerprint density at radius 1 is 0.923 bits per heavy atom. The Labute approximate surface area is 152 Å². The van der Waals surface area contributed by atoms with Crippen molar-refractivity contribution in [1.29, 1.82) is 10.5 Å². The van der Waals surface area contributed by atoms with Crippen molar-refractivity contribution in [1.82, 2.24) is 9.13 Å². The molecular weight excluding hydrogens is 328 g/mol. The number of hydrogen-bond acceptors (Lipinski definition) is 4. The summed E-state index contributed by atoms with van der Waals surface area (Å²) in [5.41, 5.74) is -0.802. The fourth-order valence-corrected chi connectivity index (χ4v) is 2.84. The Bertz CT molecular complexity index is 980. The molecule has 0 amide bonds. The smallest absolute Gasteiger partial charge is 0.293 e. The topological polar surface area (TPSA) is 91.6 Å². The molecule has 6 heteroatoms. The zero-order valence-corrected chi connectivity index (χ0v) is 15.3. The molecule has 0 aliphatic carbocycles. The predicted molar refractivity (Wildman–Crippen MR) is 98.6 cm³/mol. The fraction of sp³-hybridized carbons (Fsp3) is 0.400. The molecule has 0 radical (unpaired) electrons. The second-order valence-electron chi connectivity index (χ2n) is 7.42. The zero-order valence-electron chi connectivity index (χ0n) is 15.3. The highest BCUT2D eigenvalue weighted by molar-refractivity contribution is 5.36. The molecule has 0 saturated carbocycles. The van der Waals surface area contributed by atoms with Gasteiger partial charge in [0.15, 0.2) is 11.4 Å². The molecule has 1 aromatic carbocycles. The van der Waals surface area contributed by atoms with Crippen molar-refractivity contribution in [2.24, 2.45) is 5.41 Å². The highest BCUT2D eigenvalue weighted by Crippen LogP contribution is 2.17. The lowest BCUT2D eigenvalue weighted by Gasteiger charge is -2.22. The third kappa shape index (κ3) is 4.29. The summed E-state index contributed by atoms with van der Waals surface area (Å²) in [6.45, 7) is 6.12. The minimum atomic E-state index is -0.754. The Morgan fingerprint density at radius 3 is 2.00 bits per heavy atom. The first-order valence-corrected chi connectivity index (χ1v) is 8.50. The SMILES string of the molecule is CC(C)(C)Cn1c(C#N)c(C#N)n(CCCc2ccccc2)c(=O)c1=O. The Kier molecular flexibility index (Phi) is 5.79. The molecule has 26 heavy (non-hydrogen) atoms. The average Bonchev–Trinajstić information content (AvgIpc) is 2.60. The molecule has 0 bridgehead atoms. The first-order valence-electron chi connectivity index (χ1n) is 8.50. The second kappa shape index (κ2) is 7.84. The molecular formula is C20H22N4O2. The summed E-state index contributed by atoms with van der Waals surface area (Å²) in [5, 5.41) is 19.0. The van der Waals surface area contributed by atoms with Gasteiger partial charge in [0.1, 0.15) is 12.1 Å². The number of rotatable bonds is 5. The van der Waals surface area contributed by atoms with E-state index in [-0.39, 0.29) is 29.9 Å². The standard InChI is InChI=1S/C20H22N4O2/c1-20(2,3)14-24-17(13-22)16(12-21)23(18(25)19(24)26)11-7-10-15-8-5-4-6-9-15/h4-6,8-9H,7,10-11,14H2,1-3H3. The van der Waals surface area contributed by atoms with Gasteiger partial charge < -0.3 is 0 Å². The van der Waals surface area contributed by atoms with Gasteiger partial charge in [0, 0.05) is 13.1 Å². The molecule has 0 aliphatic heterocycles. The molecule has 0 N–H and O–H groups in total. The number of benzene rings is 1. The molecule has 2 aromatic rings. The maximum absolute atomic E-state index is 12.5. The van der Waals surface area contributed by atoms with E-state index in [1.165, 1.54) is 0 Å². The van der Waals surface area contributed by atoms with Gasteiger partial charge in [-0.15, -0.1) is 0 Å². The van der Waals surface area contributed by atoms with Crippen molar-refractivity contribution >= 4 is 0 Å². The van der Waals surface area contributed by atoms with E-state index in [1.54, 1.807) is 0 Å². The van der Waals surface area contributed by atoms with Crippen LogP contribution in [0.15, 0.2) is 39.9 Å². The highest BCUT2D eigenvalue weighted by Gasteiger charge is 2.22. The summed E-state index contributed by atoms with van der Waals surface area (Å²) < 4.78 is 2.28. The van der Waals surface area contributed by atoms with Crippen LogP contribution >= 0.6 is 0 Å². The number of hydrogen-bond donors (Lipinski definition) is 0. The van der Waals surface area contributed by atoms with Gasteiger partial charge in [-0.25, -0.2) is 0 Å². The van der Waals surface area contributed by atoms with Gasteiger partial charge in [0.2, 0.25) is 0 Å². The van der Waals surface area contributed by atoms with Crippen molar-refractivity contribution in [2.75, 3.05) is 0 Å². The minimum Gasteiger partial charge on any atom is -0.293 e. The van der Waals surface area contributed by atoms with Gasteiger partial charge in [-0.2, -0.15) is 10.5 Å².